The van der Waals surface area contributed by atoms with Gasteiger partial charge in [-0.2, -0.15) is 15.8 Å². The van der Waals surface area contributed by atoms with E-state index in [0.29, 0.717) is 133 Å². The van der Waals surface area contributed by atoms with Crippen LogP contribution in [0.3, 0.4) is 0 Å². The van der Waals surface area contributed by atoms with Gasteiger partial charge in [-0.05, 0) is 163 Å². The SMILES string of the molecule is Cc1nc(N)ccc1CN.Cc1nc(N)ccc1CNC(=O)c1ccnc(Cc2cc(C#N)c3ncc(Cl)cc3c2)c1.Cc1nc(N)ccc1CNC(=O)c1ccnc(Cc2cc(C#N)c3ncc(Cl)cc3c2)c1.N#Cc1cc(Cc2cc(C(=O)O)ccn2)cc2cc(Cl)cnc12. The Balaban J connectivity index is 0.000000161. The lowest BCUT2D eigenvalue weighted by atomic mass is 10.0. The van der Waals surface area contributed by atoms with Crippen LogP contribution in [0.2, 0.25) is 15.1 Å². The minimum absolute atomic E-state index is 0.181. The van der Waals surface area contributed by atoms with Gasteiger partial charge in [0.1, 0.15) is 35.7 Å². The molecule has 0 radical (unpaired) electrons. The van der Waals surface area contributed by atoms with Crippen molar-refractivity contribution in [3.8, 4) is 18.2 Å². The van der Waals surface area contributed by atoms with Gasteiger partial charge in [-0.3, -0.25) is 39.5 Å². The highest BCUT2D eigenvalue weighted by Gasteiger charge is 2.15. The van der Waals surface area contributed by atoms with Gasteiger partial charge in [-0.1, -0.05) is 53.0 Å². The van der Waals surface area contributed by atoms with E-state index in [1.165, 1.54) is 36.9 Å². The number of carbonyl (C=O) groups is 3. The maximum absolute atomic E-state index is 12.7. The van der Waals surface area contributed by atoms with Crippen LogP contribution in [0.25, 0.3) is 32.7 Å². The fraction of sp³-hybridized carbons (Fsp3) is 0.125. The number of nitrogens with zero attached hydrogens (tertiary/aromatic N) is 12. The summed E-state index contributed by atoms with van der Waals surface area (Å²) in [6.45, 7) is 6.82. The maximum atomic E-state index is 12.7. The lowest BCUT2D eigenvalue weighted by molar-refractivity contribution is 0.0696. The molecule has 25 heteroatoms. The average Bonchev–Trinajstić information content (AvgIpc) is 0.829. The number of nitrogens with one attached hydrogen (secondary N) is 2. The molecule has 0 aliphatic rings. The first-order valence-electron chi connectivity index (χ1n) is 29.6. The Hall–Kier alpha value is -12.1. The number of carboxylic acids is 1. The molecule has 11 N–H and O–H groups in total. The summed E-state index contributed by atoms with van der Waals surface area (Å²) in [6, 6.07) is 43.4. The van der Waals surface area contributed by atoms with E-state index >= 15 is 0 Å². The van der Waals surface area contributed by atoms with Crippen molar-refractivity contribution in [2.75, 3.05) is 17.2 Å². The van der Waals surface area contributed by atoms with Crippen molar-refractivity contribution in [3.63, 3.8) is 0 Å². The second-order valence-corrected chi connectivity index (χ2v) is 23.2. The van der Waals surface area contributed by atoms with Crippen molar-refractivity contribution in [1.82, 2.24) is 55.5 Å². The predicted octanol–water partition coefficient (Wildman–Crippen LogP) is 11.8. The van der Waals surface area contributed by atoms with Crippen molar-refractivity contribution >= 4 is 103 Å². The molecule has 2 amide bonds. The average molecular weight is 1350 g/mol. The number of halogens is 3. The number of carboxylic acid groups (broad SMARTS) is 1. The van der Waals surface area contributed by atoms with Gasteiger partial charge in [-0.25, -0.2) is 19.7 Å². The number of aryl methyl sites for hydroxylation is 3. The zero-order valence-electron chi connectivity index (χ0n) is 52.3. The summed E-state index contributed by atoms with van der Waals surface area (Å²) in [4.78, 5) is 74.5. The summed E-state index contributed by atoms with van der Waals surface area (Å²) in [5.74, 6) is 0.0232. The summed E-state index contributed by atoms with van der Waals surface area (Å²) < 4.78 is 0. The Kier molecular flexibility index (Phi) is 23.0. The van der Waals surface area contributed by atoms with Gasteiger partial charge in [0.05, 0.1) is 53.9 Å². The first-order valence-corrected chi connectivity index (χ1v) is 30.7. The standard InChI is InChI=1S/2C24H19ClN6O.C17H10ClN3O2.C7H11N3/c2*1-14-17(2-3-22(27)31-14)12-30-24(32)16-4-5-28-21(10-16)8-15-6-18-9-20(25)13-29-23(18)19(7-15)11-26;18-14-6-12-3-10(4-13(8-19)16(12)21-9-14)5-15-7-11(17(22)23)1-2-20-15;1-5-6(4-8)2-3-7(9)10-5/h2*2-7,9-10,13H,8,12H2,1H3,(H2,27,31)(H,30,32);1-4,6-7,9H,5H2,(H,22,23);2-3H,4,8H2,1H3,(H2,9,10). The minimum atomic E-state index is -0.999. The Labute approximate surface area is 571 Å². The fourth-order valence-electron chi connectivity index (χ4n) is 10.2. The highest BCUT2D eigenvalue weighted by Crippen LogP contribution is 2.27. The first-order chi connectivity index (χ1) is 46.6. The second-order valence-electron chi connectivity index (χ2n) is 21.9. The number of benzene rings is 3. The predicted molar refractivity (Wildman–Crippen MR) is 373 cm³/mol. The quantitative estimate of drug-likeness (QED) is 0.0531. The minimum Gasteiger partial charge on any atom is -0.478 e. The number of aromatic nitrogens is 9. The lowest BCUT2D eigenvalue weighted by Gasteiger charge is -2.09. The van der Waals surface area contributed by atoms with Crippen LogP contribution in [-0.2, 0) is 38.9 Å². The molecule has 0 saturated carbocycles. The number of anilines is 3. The van der Waals surface area contributed by atoms with Crippen molar-refractivity contribution in [2.45, 2.75) is 59.7 Å². The molecule has 0 bridgehead atoms. The Morgan fingerprint density at radius 3 is 1.07 bits per heavy atom. The van der Waals surface area contributed by atoms with Crippen LogP contribution < -0.4 is 33.6 Å². The number of hydrogen-bond donors (Lipinski definition) is 7. The number of nitrogen functional groups attached to an aromatic ring is 3. The molecule has 0 atom stereocenters. The number of pyridine rings is 9. The molecule has 0 aliphatic heterocycles. The zero-order valence-corrected chi connectivity index (χ0v) is 54.6. The summed E-state index contributed by atoms with van der Waals surface area (Å²) in [7, 11) is 0. The van der Waals surface area contributed by atoms with E-state index in [2.05, 4.69) is 73.7 Å². The molecule has 0 spiro atoms. The number of aromatic carboxylic acids is 1. The highest BCUT2D eigenvalue weighted by molar-refractivity contribution is 6.31. The van der Waals surface area contributed by atoms with E-state index in [1.54, 1.807) is 91.3 Å². The van der Waals surface area contributed by atoms with E-state index in [4.69, 9.17) is 62.8 Å². The number of carbonyl (C=O) groups excluding carboxylic acids is 2. The third-order valence-electron chi connectivity index (χ3n) is 14.9. The summed E-state index contributed by atoms with van der Waals surface area (Å²) in [5.41, 5.74) is 36.5. The van der Waals surface area contributed by atoms with Crippen molar-refractivity contribution in [1.29, 1.82) is 15.8 Å². The summed E-state index contributed by atoms with van der Waals surface area (Å²) >= 11 is 18.1. The van der Waals surface area contributed by atoms with Crippen LogP contribution in [0.1, 0.15) is 115 Å². The molecule has 9 aromatic heterocycles. The van der Waals surface area contributed by atoms with Crippen LogP contribution in [0.5, 0.6) is 0 Å². The van der Waals surface area contributed by atoms with E-state index < -0.39 is 5.97 Å². The molecular weight excluding hydrogens is 1290 g/mol. The number of nitriles is 3. The van der Waals surface area contributed by atoms with Crippen LogP contribution in [0, 0.1) is 54.8 Å². The van der Waals surface area contributed by atoms with E-state index in [1.807, 2.05) is 57.2 Å². The molecule has 12 aromatic rings. The van der Waals surface area contributed by atoms with Gasteiger partial charge >= 0.3 is 5.97 Å². The van der Waals surface area contributed by atoms with Crippen molar-refractivity contribution in [2.24, 2.45) is 5.73 Å². The number of hydrogen-bond acceptors (Lipinski definition) is 19. The van der Waals surface area contributed by atoms with Gasteiger partial charge in [0.2, 0.25) is 0 Å². The Morgan fingerprint density at radius 1 is 0.443 bits per heavy atom. The number of fused-ring (bicyclic) bond motifs is 3. The molecule has 0 aliphatic carbocycles. The summed E-state index contributed by atoms with van der Waals surface area (Å²) in [5, 5.41) is 47.0. The third-order valence-corrected chi connectivity index (χ3v) is 15.5. The number of amides is 2. The fourth-order valence-corrected chi connectivity index (χ4v) is 10.7. The Bertz CT molecular complexity index is 4920. The first kappa shape index (κ1) is 69.2. The highest BCUT2D eigenvalue weighted by atomic mass is 35.5. The van der Waals surface area contributed by atoms with Crippen LogP contribution in [0.4, 0.5) is 17.5 Å². The van der Waals surface area contributed by atoms with Gasteiger partial charge < -0.3 is 38.7 Å². The van der Waals surface area contributed by atoms with Gasteiger partial charge in [0.15, 0.2) is 0 Å². The molecule has 12 rings (SSSR count). The van der Waals surface area contributed by atoms with E-state index in [-0.39, 0.29) is 17.4 Å². The normalized spacial score (nSPS) is 10.5. The third kappa shape index (κ3) is 18.6. The number of rotatable bonds is 14. The smallest absolute Gasteiger partial charge is 0.335 e. The van der Waals surface area contributed by atoms with Crippen LogP contribution in [0.15, 0.2) is 165 Å². The lowest BCUT2D eigenvalue weighted by Crippen LogP contribution is -2.23. The molecule has 0 fully saturated rings. The molecule has 9 heterocycles. The topological polar surface area (TPSA) is 387 Å². The molecular formula is C72H59Cl3N18O4. The zero-order chi connectivity index (χ0) is 69.3. The maximum Gasteiger partial charge on any atom is 0.335 e. The van der Waals surface area contributed by atoms with Crippen molar-refractivity contribution < 1.29 is 19.5 Å². The molecule has 0 saturated heterocycles. The summed E-state index contributed by atoms with van der Waals surface area (Å²) in [6.07, 6.45) is 10.5. The van der Waals surface area contributed by atoms with Crippen LogP contribution in [-0.4, -0.2) is 67.7 Å². The van der Waals surface area contributed by atoms with Gasteiger partial charge in [0, 0.05) is 138 Å². The Morgan fingerprint density at radius 2 is 0.763 bits per heavy atom. The largest absolute Gasteiger partial charge is 0.478 e. The molecule has 97 heavy (non-hydrogen) atoms. The molecule has 0 unspecified atom stereocenters. The molecule has 482 valence electrons. The van der Waals surface area contributed by atoms with Gasteiger partial charge in [-0.15, -0.1) is 0 Å². The second kappa shape index (κ2) is 32.2. The van der Waals surface area contributed by atoms with E-state index in [0.717, 1.165) is 66.6 Å². The van der Waals surface area contributed by atoms with Crippen molar-refractivity contribution in [3.05, 3.63) is 281 Å². The number of nitrogens with two attached hydrogens (primary N) is 4. The van der Waals surface area contributed by atoms with Gasteiger partial charge in [0.25, 0.3) is 11.8 Å². The van der Waals surface area contributed by atoms with E-state index in [9.17, 15) is 30.2 Å². The molecule has 3 aromatic carbocycles. The monoisotopic (exact) mass is 1340 g/mol. The van der Waals surface area contributed by atoms with Crippen LogP contribution >= 0.6 is 34.8 Å². The molecule has 22 nitrogen and oxygen atoms in total.